The third kappa shape index (κ3) is 4.37. The van der Waals surface area contributed by atoms with Crippen molar-refractivity contribution in [3.63, 3.8) is 0 Å². The molecule has 1 aromatic carbocycles. The zero-order valence-corrected chi connectivity index (χ0v) is 19.9. The molecule has 1 atom stereocenters. The lowest BCUT2D eigenvalue weighted by Crippen LogP contribution is -2.26. The van der Waals surface area contributed by atoms with E-state index in [2.05, 4.69) is 19.1 Å². The van der Waals surface area contributed by atoms with Crippen LogP contribution in [0.1, 0.15) is 47.2 Å². The number of rotatable bonds is 6. The Kier molecular flexibility index (Phi) is 6.90. The smallest absolute Gasteiger partial charge is 0.338 e. The third-order valence-electron chi connectivity index (χ3n) is 6.10. The van der Waals surface area contributed by atoms with Crippen molar-refractivity contribution in [2.24, 2.45) is 5.73 Å². The summed E-state index contributed by atoms with van der Waals surface area (Å²) in [5.41, 5.74) is 11.0. The number of aromatic nitrogens is 1. The van der Waals surface area contributed by atoms with Gasteiger partial charge < -0.3 is 15.2 Å². The van der Waals surface area contributed by atoms with Crippen LogP contribution in [-0.2, 0) is 33.5 Å². The number of benzene rings is 1. The molecule has 1 aromatic heterocycles. The summed E-state index contributed by atoms with van der Waals surface area (Å²) < 4.78 is 10.9. The number of aryl methyl sites for hydroxylation is 3. The van der Waals surface area contributed by atoms with Gasteiger partial charge in [-0.1, -0.05) is 43.0 Å². The molecule has 0 saturated heterocycles. The number of nitriles is 2. The largest absolute Gasteiger partial charge is 0.466 e. The van der Waals surface area contributed by atoms with Gasteiger partial charge in [0.05, 0.1) is 29.9 Å². The maximum atomic E-state index is 12.9. The van der Waals surface area contributed by atoms with Gasteiger partial charge in [-0.2, -0.15) is 10.5 Å². The van der Waals surface area contributed by atoms with E-state index in [-0.39, 0.29) is 22.8 Å². The first-order valence-corrected chi connectivity index (χ1v) is 12.0. The highest BCUT2D eigenvalue weighted by Crippen LogP contribution is 2.41. The van der Waals surface area contributed by atoms with Crippen LogP contribution in [0.2, 0.25) is 0 Å². The SMILES string of the molecule is CCc1ccc([C@H]2C(C#N)=C(N)OC(CSc3nc4c(cc3C#N)CCC4)=C2C(=O)OC)cc1. The van der Waals surface area contributed by atoms with Crippen LogP contribution in [0.15, 0.2) is 58.1 Å². The number of hydrogen-bond acceptors (Lipinski definition) is 8. The maximum absolute atomic E-state index is 12.9. The lowest BCUT2D eigenvalue weighted by molar-refractivity contribution is -0.136. The van der Waals surface area contributed by atoms with Crippen molar-refractivity contribution < 1.29 is 14.3 Å². The standard InChI is InChI=1S/C26H24N4O3S/c1-3-15-7-9-16(10-8-15)22-19(13-28)24(29)33-21(23(22)26(31)32-2)14-34-25-18(12-27)11-17-5-4-6-20(17)30-25/h7-11,22H,3-6,14,29H2,1-2H3/t22-/m0/s1. The normalized spacial score (nSPS) is 17.0. The number of nitrogens with zero attached hydrogens (tertiary/aromatic N) is 3. The summed E-state index contributed by atoms with van der Waals surface area (Å²) in [5.74, 6) is -0.853. The second-order valence-corrected chi connectivity index (χ2v) is 9.01. The predicted octanol–water partition coefficient (Wildman–Crippen LogP) is 4.03. The Labute approximate surface area is 202 Å². The van der Waals surface area contributed by atoms with E-state index in [9.17, 15) is 15.3 Å². The number of esters is 1. The van der Waals surface area contributed by atoms with Gasteiger partial charge in [-0.25, -0.2) is 9.78 Å². The topological polar surface area (TPSA) is 122 Å². The Morgan fingerprint density at radius 3 is 2.68 bits per heavy atom. The number of allylic oxidation sites excluding steroid dienone is 1. The van der Waals surface area contributed by atoms with Gasteiger partial charge in [0.25, 0.3) is 0 Å². The summed E-state index contributed by atoms with van der Waals surface area (Å²) in [6.45, 7) is 2.06. The molecule has 4 rings (SSSR count). The van der Waals surface area contributed by atoms with Crippen LogP contribution >= 0.6 is 11.8 Å². The Hall–Kier alpha value is -3.75. The number of methoxy groups -OCH3 is 1. The molecule has 0 radical (unpaired) electrons. The van der Waals surface area contributed by atoms with Crippen LogP contribution in [0.25, 0.3) is 0 Å². The van der Waals surface area contributed by atoms with Gasteiger partial charge in [-0.05, 0) is 48.4 Å². The first-order valence-electron chi connectivity index (χ1n) is 11.0. The molecule has 2 aliphatic rings. The van der Waals surface area contributed by atoms with Gasteiger partial charge in [0.2, 0.25) is 5.88 Å². The van der Waals surface area contributed by atoms with Crippen LogP contribution < -0.4 is 5.73 Å². The highest BCUT2D eigenvalue weighted by Gasteiger charge is 2.37. The molecule has 0 bridgehead atoms. The molecule has 1 aliphatic heterocycles. The zero-order chi connectivity index (χ0) is 24.2. The van der Waals surface area contributed by atoms with Gasteiger partial charge >= 0.3 is 5.97 Å². The van der Waals surface area contributed by atoms with E-state index in [4.69, 9.17) is 20.2 Å². The Balaban J connectivity index is 1.75. The second kappa shape index (κ2) is 10.0. The molecule has 7 nitrogen and oxygen atoms in total. The maximum Gasteiger partial charge on any atom is 0.338 e. The second-order valence-electron chi connectivity index (χ2n) is 8.05. The lowest BCUT2D eigenvalue weighted by Gasteiger charge is -2.28. The number of fused-ring (bicyclic) bond motifs is 1. The minimum Gasteiger partial charge on any atom is -0.466 e. The molecule has 8 heteroatoms. The highest BCUT2D eigenvalue weighted by molar-refractivity contribution is 7.99. The summed E-state index contributed by atoms with van der Waals surface area (Å²) in [6.07, 6.45) is 3.71. The summed E-state index contributed by atoms with van der Waals surface area (Å²) in [6, 6.07) is 13.9. The van der Waals surface area contributed by atoms with Crippen LogP contribution in [0, 0.1) is 22.7 Å². The number of thioether (sulfide) groups is 1. The molecule has 2 N–H and O–H groups in total. The van der Waals surface area contributed by atoms with Crippen LogP contribution in [0.3, 0.4) is 0 Å². The number of pyridine rings is 1. The molecule has 2 aromatic rings. The van der Waals surface area contributed by atoms with Crippen molar-refractivity contribution in [2.45, 2.75) is 43.6 Å². The molecular weight excluding hydrogens is 448 g/mol. The fourth-order valence-electron chi connectivity index (χ4n) is 4.32. The van der Waals surface area contributed by atoms with Crippen molar-refractivity contribution >= 4 is 17.7 Å². The zero-order valence-electron chi connectivity index (χ0n) is 19.1. The van der Waals surface area contributed by atoms with Gasteiger partial charge in [0.1, 0.15) is 28.5 Å². The van der Waals surface area contributed by atoms with Crippen molar-refractivity contribution in [1.82, 2.24) is 4.98 Å². The van der Waals surface area contributed by atoms with E-state index < -0.39 is 11.9 Å². The Morgan fingerprint density at radius 2 is 2.03 bits per heavy atom. The first-order chi connectivity index (χ1) is 16.5. The third-order valence-corrected chi connectivity index (χ3v) is 7.09. The fraction of sp³-hybridized carbons (Fsp3) is 0.308. The van der Waals surface area contributed by atoms with Gasteiger partial charge in [0, 0.05) is 5.69 Å². The van der Waals surface area contributed by atoms with Gasteiger partial charge in [-0.15, -0.1) is 0 Å². The summed E-state index contributed by atoms with van der Waals surface area (Å²) in [5, 5.41) is 20.0. The fourth-order valence-corrected chi connectivity index (χ4v) is 5.23. The van der Waals surface area contributed by atoms with Gasteiger partial charge in [0.15, 0.2) is 0 Å². The predicted molar refractivity (Wildman–Crippen MR) is 127 cm³/mol. The van der Waals surface area contributed by atoms with E-state index in [1.807, 2.05) is 30.3 Å². The minimum absolute atomic E-state index is 0.0438. The van der Waals surface area contributed by atoms with E-state index in [1.54, 1.807) is 0 Å². The van der Waals surface area contributed by atoms with Crippen LogP contribution in [0.4, 0.5) is 0 Å². The molecule has 0 unspecified atom stereocenters. The summed E-state index contributed by atoms with van der Waals surface area (Å²) in [7, 11) is 1.29. The van der Waals surface area contributed by atoms with Crippen LogP contribution in [-0.4, -0.2) is 23.8 Å². The number of carbonyl (C=O) groups is 1. The van der Waals surface area contributed by atoms with E-state index >= 15 is 0 Å². The number of hydrogen-bond donors (Lipinski definition) is 1. The number of ether oxygens (including phenoxy) is 2. The molecule has 172 valence electrons. The Bertz CT molecular complexity index is 1280. The lowest BCUT2D eigenvalue weighted by atomic mass is 9.83. The van der Waals surface area contributed by atoms with Gasteiger partial charge in [-0.3, -0.25) is 0 Å². The van der Waals surface area contributed by atoms with Crippen molar-refractivity contribution in [1.29, 1.82) is 10.5 Å². The average molecular weight is 473 g/mol. The van der Waals surface area contributed by atoms with E-state index in [1.165, 1.54) is 18.9 Å². The number of carbonyl (C=O) groups excluding carboxylic acids is 1. The molecule has 1 aliphatic carbocycles. The molecule has 0 fully saturated rings. The van der Waals surface area contributed by atoms with Crippen molar-refractivity contribution in [2.75, 3.05) is 12.9 Å². The van der Waals surface area contributed by atoms with Crippen LogP contribution in [0.5, 0.6) is 0 Å². The average Bonchev–Trinajstić information content (AvgIpc) is 3.33. The highest BCUT2D eigenvalue weighted by atomic mass is 32.2. The monoisotopic (exact) mass is 472 g/mol. The molecule has 0 saturated carbocycles. The molecule has 34 heavy (non-hydrogen) atoms. The first kappa shape index (κ1) is 23.4. The summed E-state index contributed by atoms with van der Waals surface area (Å²) >= 11 is 1.30. The molecule has 0 spiro atoms. The minimum atomic E-state index is -0.712. The molecule has 2 heterocycles. The summed E-state index contributed by atoms with van der Waals surface area (Å²) in [4.78, 5) is 17.6. The van der Waals surface area contributed by atoms with Crippen molar-refractivity contribution in [3.05, 3.63) is 81.1 Å². The Morgan fingerprint density at radius 1 is 1.26 bits per heavy atom. The van der Waals surface area contributed by atoms with Crippen molar-refractivity contribution in [3.8, 4) is 12.1 Å². The number of nitrogens with two attached hydrogens (primary N) is 1. The quantitative estimate of drug-likeness (QED) is 0.494. The van der Waals surface area contributed by atoms with E-state index in [0.717, 1.165) is 48.1 Å². The molecule has 0 amide bonds. The molecular formula is C26H24N4O3S. The van der Waals surface area contributed by atoms with E-state index in [0.29, 0.717) is 16.3 Å².